The number of hydrogen-bond donors (Lipinski definition) is 12. The van der Waals surface area contributed by atoms with Crippen LogP contribution < -0.4 is 0 Å². The predicted octanol–water partition coefficient (Wildman–Crippen LogP) is -5.31. The second-order valence-electron chi connectivity index (χ2n) is 15.3. The first-order valence-electron chi connectivity index (χ1n) is 18.3. The molecule has 4 aliphatic heterocycles. The summed E-state index contributed by atoms with van der Waals surface area (Å²) in [6, 6.07) is 0. The molecule has 4 saturated heterocycles. The monoisotopic (exact) mass is 756 g/mol. The molecule has 4 heterocycles. The lowest BCUT2D eigenvalue weighted by Crippen LogP contribution is -2.63. The minimum absolute atomic E-state index is 0.0822. The number of fused-ring (bicyclic) bond motifs is 1. The van der Waals surface area contributed by atoms with E-state index >= 15 is 0 Å². The van der Waals surface area contributed by atoms with Crippen molar-refractivity contribution >= 4 is 0 Å². The van der Waals surface area contributed by atoms with E-state index in [0.29, 0.717) is 25.7 Å². The van der Waals surface area contributed by atoms with Gasteiger partial charge >= 0.3 is 0 Å². The summed E-state index contributed by atoms with van der Waals surface area (Å²) in [5.74, 6) is -0.600. The van der Waals surface area contributed by atoms with E-state index in [1.165, 1.54) is 6.92 Å². The third-order valence-electron chi connectivity index (χ3n) is 11.8. The summed E-state index contributed by atoms with van der Waals surface area (Å²) in [5, 5.41) is 125. The highest BCUT2D eigenvalue weighted by molar-refractivity contribution is 4.99. The summed E-state index contributed by atoms with van der Waals surface area (Å²) in [5.41, 5.74) is 0. The smallest absolute Gasteiger partial charge is 0.187 e. The molecular formula is C33H56O19. The maximum atomic E-state index is 11.3. The summed E-state index contributed by atoms with van der Waals surface area (Å²) < 4.78 is 41.4. The van der Waals surface area contributed by atoms with Crippen LogP contribution in [0.1, 0.15) is 51.9 Å². The molecule has 2 saturated carbocycles. The van der Waals surface area contributed by atoms with Gasteiger partial charge < -0.3 is 94.4 Å². The first-order valence-corrected chi connectivity index (χ1v) is 18.3. The van der Waals surface area contributed by atoms with Crippen molar-refractivity contribution in [3.63, 3.8) is 0 Å². The van der Waals surface area contributed by atoms with Crippen molar-refractivity contribution in [3.05, 3.63) is 0 Å². The van der Waals surface area contributed by atoms with E-state index in [1.807, 2.05) is 0 Å². The fourth-order valence-electron chi connectivity index (χ4n) is 8.52. The molecule has 2 aliphatic carbocycles. The molecular weight excluding hydrogens is 700 g/mol. The maximum absolute atomic E-state index is 11.3. The molecule has 0 bridgehead atoms. The quantitative estimate of drug-likeness (QED) is 0.105. The summed E-state index contributed by atoms with van der Waals surface area (Å²) in [6.07, 6.45) is -23.5. The summed E-state index contributed by atoms with van der Waals surface area (Å²) >= 11 is 0. The largest absolute Gasteiger partial charge is 0.394 e. The third kappa shape index (κ3) is 8.48. The van der Waals surface area contributed by atoms with Gasteiger partial charge in [-0.15, -0.1) is 0 Å². The SMILES string of the molecule is CC1OC(OCC2OC(OC3CC4C(O)CC(OC5OC(CO)C(O)C(O)C5O)CC4OC3C3CCC(O)CC3)C(O)C(O)C2O)C(O)C(O)C1O. The topological polar surface area (TPSA) is 307 Å². The van der Waals surface area contributed by atoms with E-state index < -0.39 is 148 Å². The molecule has 52 heavy (non-hydrogen) atoms. The van der Waals surface area contributed by atoms with Gasteiger partial charge in [-0.3, -0.25) is 0 Å². The molecule has 0 spiro atoms. The first kappa shape index (κ1) is 40.9. The Morgan fingerprint density at radius 3 is 1.79 bits per heavy atom. The van der Waals surface area contributed by atoms with E-state index in [-0.39, 0.29) is 25.2 Å². The first-order chi connectivity index (χ1) is 24.7. The highest BCUT2D eigenvalue weighted by Gasteiger charge is 2.53. The van der Waals surface area contributed by atoms with Crippen molar-refractivity contribution in [3.8, 4) is 0 Å². The van der Waals surface area contributed by atoms with Crippen LogP contribution in [0, 0.1) is 11.8 Å². The highest BCUT2D eigenvalue weighted by atomic mass is 16.7. The van der Waals surface area contributed by atoms with Crippen molar-refractivity contribution in [2.45, 2.75) is 181 Å². The molecule has 21 atom stereocenters. The Labute approximate surface area is 300 Å². The van der Waals surface area contributed by atoms with Crippen LogP contribution >= 0.6 is 0 Å². The minimum atomic E-state index is -1.74. The Morgan fingerprint density at radius 2 is 1.13 bits per heavy atom. The molecule has 0 radical (unpaired) electrons. The standard InChI is InChI=1S/C33H56O19/c1-11-21(37)24(40)27(43)31(47-11)46-10-20-23(39)26(42)29(45)33(52-20)50-18-8-15-16(36)6-14(48-32-28(44)25(41)22(38)19(9-34)51-32)7-17(15)49-30(18)12-2-4-13(35)5-3-12/h11-45H,2-10H2,1H3. The Kier molecular flexibility index (Phi) is 13.5. The lowest BCUT2D eigenvalue weighted by Gasteiger charge is -2.51. The normalized spacial score (nSPS) is 54.8. The number of ether oxygens (including phenoxy) is 7. The number of aliphatic hydroxyl groups excluding tert-OH is 12. The van der Waals surface area contributed by atoms with Crippen molar-refractivity contribution in [1.82, 2.24) is 0 Å². The van der Waals surface area contributed by atoms with Gasteiger partial charge in [0.2, 0.25) is 0 Å². The lowest BCUT2D eigenvalue weighted by molar-refractivity contribution is -0.347. The van der Waals surface area contributed by atoms with Crippen molar-refractivity contribution < 1.29 is 94.4 Å². The van der Waals surface area contributed by atoms with Crippen LogP contribution in [0.3, 0.4) is 0 Å². The number of rotatable bonds is 9. The molecule has 6 rings (SSSR count). The average molecular weight is 757 g/mol. The Bertz CT molecular complexity index is 1130. The maximum Gasteiger partial charge on any atom is 0.187 e. The van der Waals surface area contributed by atoms with Crippen LogP contribution in [0.15, 0.2) is 0 Å². The van der Waals surface area contributed by atoms with Crippen LogP contribution in [-0.2, 0) is 33.2 Å². The Hall–Kier alpha value is -0.760. The van der Waals surface area contributed by atoms with Gasteiger partial charge in [-0.05, 0) is 44.9 Å². The van der Waals surface area contributed by atoms with Gasteiger partial charge in [0.05, 0.1) is 55.9 Å². The van der Waals surface area contributed by atoms with E-state index in [9.17, 15) is 61.3 Å². The van der Waals surface area contributed by atoms with E-state index in [1.54, 1.807) is 0 Å². The van der Waals surface area contributed by atoms with Gasteiger partial charge in [-0.1, -0.05) is 0 Å². The molecule has 12 N–H and O–H groups in total. The number of hydrogen-bond acceptors (Lipinski definition) is 19. The van der Waals surface area contributed by atoms with Crippen LogP contribution in [0.4, 0.5) is 0 Å². The molecule has 6 aliphatic rings. The summed E-state index contributed by atoms with van der Waals surface area (Å²) in [7, 11) is 0. The van der Waals surface area contributed by atoms with E-state index in [0.717, 1.165) is 0 Å². The van der Waals surface area contributed by atoms with Gasteiger partial charge in [0.25, 0.3) is 0 Å². The lowest BCUT2D eigenvalue weighted by atomic mass is 9.73. The van der Waals surface area contributed by atoms with Crippen molar-refractivity contribution in [1.29, 1.82) is 0 Å². The van der Waals surface area contributed by atoms with E-state index in [2.05, 4.69) is 0 Å². The van der Waals surface area contributed by atoms with Crippen LogP contribution in [-0.4, -0.2) is 203 Å². The van der Waals surface area contributed by atoms with Crippen molar-refractivity contribution in [2.75, 3.05) is 13.2 Å². The van der Waals surface area contributed by atoms with Crippen molar-refractivity contribution in [2.24, 2.45) is 11.8 Å². The van der Waals surface area contributed by atoms with E-state index in [4.69, 9.17) is 33.2 Å². The number of aliphatic hydroxyl groups is 12. The average Bonchev–Trinajstić information content (AvgIpc) is 3.12. The highest BCUT2D eigenvalue weighted by Crippen LogP contribution is 2.44. The van der Waals surface area contributed by atoms with Gasteiger partial charge in [0.1, 0.15) is 67.1 Å². The third-order valence-corrected chi connectivity index (χ3v) is 11.8. The Balaban J connectivity index is 1.13. The minimum Gasteiger partial charge on any atom is -0.394 e. The van der Waals surface area contributed by atoms with Gasteiger partial charge in [-0.25, -0.2) is 0 Å². The fourth-order valence-corrected chi connectivity index (χ4v) is 8.52. The molecule has 0 aromatic rings. The second kappa shape index (κ2) is 17.2. The molecule has 19 heteroatoms. The zero-order valence-corrected chi connectivity index (χ0v) is 28.9. The molecule has 0 aromatic heterocycles. The van der Waals surface area contributed by atoms with Crippen LogP contribution in [0.5, 0.6) is 0 Å². The zero-order valence-electron chi connectivity index (χ0n) is 28.9. The van der Waals surface area contributed by atoms with Gasteiger partial charge in [-0.2, -0.15) is 0 Å². The summed E-state index contributed by atoms with van der Waals surface area (Å²) in [6.45, 7) is 0.385. The molecule has 0 aromatic carbocycles. The van der Waals surface area contributed by atoms with Crippen LogP contribution in [0.2, 0.25) is 0 Å². The fraction of sp³-hybridized carbons (Fsp3) is 1.00. The molecule has 0 amide bonds. The second-order valence-corrected chi connectivity index (χ2v) is 15.3. The Morgan fingerprint density at radius 1 is 0.558 bits per heavy atom. The molecule has 19 nitrogen and oxygen atoms in total. The predicted molar refractivity (Wildman–Crippen MR) is 168 cm³/mol. The van der Waals surface area contributed by atoms with Crippen LogP contribution in [0.25, 0.3) is 0 Å². The molecule has 302 valence electrons. The van der Waals surface area contributed by atoms with Gasteiger partial charge in [0.15, 0.2) is 18.9 Å². The molecule has 21 unspecified atom stereocenters. The zero-order chi connectivity index (χ0) is 37.6. The van der Waals surface area contributed by atoms with Gasteiger partial charge in [0, 0.05) is 18.8 Å². The summed E-state index contributed by atoms with van der Waals surface area (Å²) in [4.78, 5) is 0. The molecule has 6 fully saturated rings.